The van der Waals surface area contributed by atoms with Gasteiger partial charge >= 0.3 is 43.6 Å². The normalized spacial score (nSPS) is 10.4. The van der Waals surface area contributed by atoms with E-state index < -0.39 is 0 Å². The Labute approximate surface area is 944 Å². The van der Waals surface area contributed by atoms with E-state index in [-0.39, 0.29) is 16.4 Å². The van der Waals surface area contributed by atoms with Crippen LogP contribution in [-0.4, -0.2) is 76.7 Å². The number of phenols is 1. The molecule has 148 heavy (non-hydrogen) atoms. The first-order valence-electron chi connectivity index (χ1n) is 46.6. The molecule has 0 bridgehead atoms. The Morgan fingerprint density at radius 1 is 0.318 bits per heavy atom. The van der Waals surface area contributed by atoms with Gasteiger partial charge in [-0.25, -0.2) is 0 Å². The zero-order chi connectivity index (χ0) is 106. The molecule has 21 rings (SSSR count). The summed E-state index contributed by atoms with van der Waals surface area (Å²) in [7, 11) is 17.9. The first kappa shape index (κ1) is 117. The molecule has 0 atom stereocenters. The molecular formula is C125H114BBr5I2N6O8Zn. The van der Waals surface area contributed by atoms with E-state index in [0.717, 1.165) is 107 Å². The quantitative estimate of drug-likeness (QED) is 0.0301. The molecule has 0 amide bonds. The summed E-state index contributed by atoms with van der Waals surface area (Å²) in [6.07, 6.45) is 11.6. The number of benzene rings is 16. The van der Waals surface area contributed by atoms with E-state index in [9.17, 15) is 5.11 Å². The van der Waals surface area contributed by atoms with Crippen LogP contribution in [-0.2, 0) is 47.2 Å². The maximum atomic E-state index is 9.52. The van der Waals surface area contributed by atoms with Crippen LogP contribution in [0.2, 0.25) is 0 Å². The first-order valence-corrected chi connectivity index (χ1v) is 66.5. The number of terminal acetylenes is 1. The number of aryl methyl sites for hydroxylation is 3. The second-order valence-electron chi connectivity index (χ2n) is 32.4. The fourth-order valence-electron chi connectivity index (χ4n) is 15.5. The third-order valence-electron chi connectivity index (χ3n) is 23.0. The number of aromatic hydroxyl groups is 1. The van der Waals surface area contributed by atoms with Crippen molar-refractivity contribution >= 4 is 196 Å². The van der Waals surface area contributed by atoms with E-state index >= 15 is 0 Å². The van der Waals surface area contributed by atoms with Crippen LogP contribution in [0.1, 0.15) is 61.2 Å². The predicted molar refractivity (Wildman–Crippen MR) is 656 cm³/mol. The van der Waals surface area contributed by atoms with Gasteiger partial charge in [0.2, 0.25) is 0 Å². The summed E-state index contributed by atoms with van der Waals surface area (Å²) >= 11 is 19.9. The molecule has 19 aromatic rings. The van der Waals surface area contributed by atoms with Crippen molar-refractivity contribution < 1.29 is 51.5 Å². The maximum absolute atomic E-state index is 9.52. The molecule has 0 radical (unpaired) electrons. The number of nitrogens with zero attached hydrogens (tertiary/aromatic N) is 3. The van der Waals surface area contributed by atoms with Gasteiger partial charge in [0.05, 0.1) is 77.7 Å². The van der Waals surface area contributed by atoms with Crippen LogP contribution in [0.15, 0.2) is 406 Å². The minimum atomic E-state index is -0.250. The fraction of sp³-hybridized carbons (Fsp3) is 0.104. The molecule has 3 heterocycles. The predicted octanol–water partition coefficient (Wildman–Crippen LogP) is 32.6. The number of allylic oxidation sites excluding steroid dienone is 2. The summed E-state index contributed by atoms with van der Waals surface area (Å²) in [6.45, 7) is 0. The number of anilines is 3. The van der Waals surface area contributed by atoms with Crippen LogP contribution in [0.3, 0.4) is 0 Å². The Balaban J connectivity index is 0.000000170. The van der Waals surface area contributed by atoms with Gasteiger partial charge in [-0.05, 0) is 253 Å². The van der Waals surface area contributed by atoms with Crippen molar-refractivity contribution in [3.63, 3.8) is 0 Å². The average molecular weight is 2560 g/mol. The second-order valence-corrected chi connectivity index (χ2v) is 54.1. The van der Waals surface area contributed by atoms with Crippen molar-refractivity contribution in [3.05, 3.63) is 471 Å². The van der Waals surface area contributed by atoms with Crippen LogP contribution < -0.4 is 50.4 Å². The molecule has 0 saturated carbocycles. The minimum absolute atomic E-state index is 0.250. The number of ether oxygens (including phenoxy) is 7. The first-order chi connectivity index (χ1) is 72.0. The van der Waals surface area contributed by atoms with Crippen molar-refractivity contribution in [2.24, 2.45) is 21.1 Å². The summed E-state index contributed by atoms with van der Waals surface area (Å²) in [5.41, 5.74) is 45.3. The van der Waals surface area contributed by atoms with Gasteiger partial charge in [0.1, 0.15) is 46.0 Å². The zero-order valence-corrected chi connectivity index (χ0v) is 99.3. The molecule has 16 aromatic carbocycles. The molecule has 2 aliphatic carbocycles. The standard InChI is InChI=1S/2C16H15NO.2C16H14O.3C15H13NO.C8H6.C7H8INO.CH3I.BBr3.2BrH.Zn/c2*1-17-15(12-6-4-3-5-7-12)10-13-8-9-14(18-2)11-16(13)17;2*1-17-16-8-7-13-9-14(10-15(13)11-16)12-5-3-2-4-6-12;1-16-14(11-5-3-2-4-6-11)9-12-7-8-13(17)10-15(12)16;2*1-17-14-10-9-13(15(16)11-14)8-7-12-5-3-2-4-6-12;1-2-8-6-4-3-5-7-8;1-10-5-2-3-6(8)7(9)4-5;1-2;2-1(3)4;;;/h2*3-11H,1-2H3;2*2-9,11H,10H2,1H3;2-10,17H,1H3;2*2-6,9-11H,16H2,1H3;1,3-7H;2-4H,9H2,1H3;1H3;;2*1H;/q;;;;;;;;;;;;;+2/p-2. The van der Waals surface area contributed by atoms with Crippen molar-refractivity contribution in [1.29, 1.82) is 0 Å². The Hall–Kier alpha value is -13.4. The number of hydrogen-bond acceptors (Lipinski definition) is 11. The number of halogens is 7. The van der Waals surface area contributed by atoms with Crippen LogP contribution in [0.5, 0.6) is 46.0 Å². The number of methoxy groups -OCH3 is 7. The Kier molecular flexibility index (Phi) is 49.4. The number of alkyl halides is 1. The Morgan fingerprint density at radius 3 is 0.872 bits per heavy atom. The molecule has 0 unspecified atom stereocenters. The zero-order valence-electron chi connectivity index (χ0n) is 84.1. The van der Waals surface area contributed by atoms with Crippen LogP contribution in [0, 0.1) is 39.6 Å². The number of phenolic OH excluding ortho intramolecular Hbond substituents is 1. The van der Waals surface area contributed by atoms with Crippen LogP contribution in [0.25, 0.3) is 89.8 Å². The van der Waals surface area contributed by atoms with E-state index in [0.29, 0.717) is 17.1 Å². The molecule has 0 saturated heterocycles. The summed E-state index contributed by atoms with van der Waals surface area (Å²) in [5.74, 6) is 21.0. The van der Waals surface area contributed by atoms with Crippen molar-refractivity contribution in [2.45, 2.75) is 12.8 Å². The van der Waals surface area contributed by atoms with Gasteiger partial charge in [0.25, 0.3) is 0 Å². The number of nitrogen functional groups attached to an aromatic ring is 3. The molecule has 23 heteroatoms. The van der Waals surface area contributed by atoms with Crippen molar-refractivity contribution in [2.75, 3.05) is 71.9 Å². The van der Waals surface area contributed by atoms with E-state index in [1.165, 1.54) is 94.4 Å². The van der Waals surface area contributed by atoms with Crippen LogP contribution >= 0.6 is 120 Å². The molecule has 0 aliphatic heterocycles. The third-order valence-corrected chi connectivity index (χ3v) is 24.0. The summed E-state index contributed by atoms with van der Waals surface area (Å²) in [4.78, 5) is 1.97. The van der Waals surface area contributed by atoms with E-state index in [1.54, 1.807) is 74.0 Å². The monoisotopic (exact) mass is 2550 g/mol. The van der Waals surface area contributed by atoms with Crippen molar-refractivity contribution in [1.82, 2.24) is 13.7 Å². The van der Waals surface area contributed by atoms with Gasteiger partial charge in [-0.2, -0.15) is 0 Å². The number of rotatable bonds is 12. The van der Waals surface area contributed by atoms with E-state index in [4.69, 9.17) is 56.8 Å². The molecule has 3 aromatic heterocycles. The summed E-state index contributed by atoms with van der Waals surface area (Å²) < 4.78 is 44.0. The van der Waals surface area contributed by atoms with Gasteiger partial charge in [0, 0.05) is 128 Å². The molecule has 0 spiro atoms. The number of aromatic nitrogens is 3. The fourth-order valence-corrected chi connectivity index (χ4v) is 15.8. The molecule has 14 nitrogen and oxygen atoms in total. The SMILES string of the molecule is BrB(Br)Br.C#Cc1ccccc1.CI.COc1ccc(C#Cc2ccccc2)c(N)c1.COc1ccc(C#Cc2ccccc2)c(N)c1.COc1ccc(I)c(N)c1.COc1ccc2c(c1)CC(c1ccccc1)=C2.COc1ccc2c(c1)CC(c1ccccc1)=C2.COc1ccc2cc(-c3ccccc3)n(C)c2c1.COc1ccc2cc(-c3ccccc3)n(C)c2c1.Cn1c(-c2ccccc2)cc2ccc(O)cc21.[Br][Zn][Br]. The van der Waals surface area contributed by atoms with Crippen molar-refractivity contribution in [3.8, 4) is 116 Å². The van der Waals surface area contributed by atoms with E-state index in [1.807, 2.05) is 206 Å². The van der Waals surface area contributed by atoms with E-state index in [2.05, 4.69) is 377 Å². The molecule has 2 aliphatic rings. The van der Waals surface area contributed by atoms with Gasteiger partial charge in [0.15, 0.2) is 0 Å². The number of nitrogens with two attached hydrogens (primary N) is 3. The molecule has 746 valence electrons. The van der Waals surface area contributed by atoms with Gasteiger partial charge < -0.3 is 69.2 Å². The van der Waals surface area contributed by atoms with Gasteiger partial charge in [-0.1, -0.05) is 283 Å². The Morgan fingerprint density at radius 2 is 0.574 bits per heavy atom. The molecule has 7 N–H and O–H groups in total. The number of fused-ring (bicyclic) bond motifs is 5. The third kappa shape index (κ3) is 36.0. The van der Waals surface area contributed by atoms with Gasteiger partial charge in [-0.3, -0.25) is 0 Å². The van der Waals surface area contributed by atoms with Crippen LogP contribution in [0.4, 0.5) is 17.1 Å². The Bertz CT molecular complexity index is 7300. The summed E-state index contributed by atoms with van der Waals surface area (Å²) in [6, 6.07) is 135. The topological polar surface area (TPSA) is 178 Å². The van der Waals surface area contributed by atoms with Gasteiger partial charge in [-0.15, -0.1) is 53.7 Å². The second kappa shape index (κ2) is 62.7. The number of hydrogen-bond donors (Lipinski definition) is 4. The average Bonchev–Trinajstić information content (AvgIpc) is 1.65. The molecular weight excluding hydrogens is 2440 g/mol. The molecule has 0 fully saturated rings. The summed E-state index contributed by atoms with van der Waals surface area (Å²) in [5, 5.41) is 13.1.